The van der Waals surface area contributed by atoms with Gasteiger partial charge in [-0.25, -0.2) is 8.42 Å². The van der Waals surface area contributed by atoms with E-state index < -0.39 is 16.1 Å². The largest absolute Gasteiger partial charge is 0.355 e. The van der Waals surface area contributed by atoms with Crippen molar-refractivity contribution < 1.29 is 13.2 Å². The number of sulfonamides is 1. The maximum atomic E-state index is 12.3. The molecule has 1 heterocycles. The first kappa shape index (κ1) is 14.5. The van der Waals surface area contributed by atoms with Crippen LogP contribution in [-0.2, 0) is 14.8 Å². The SMILES string of the molecule is O=C1NCCCC[C@@H]1NS(=O)(=O)c1ccccc1Br. The van der Waals surface area contributed by atoms with Gasteiger partial charge in [0.15, 0.2) is 0 Å². The van der Waals surface area contributed by atoms with Crippen LogP contribution in [0, 0.1) is 0 Å². The molecule has 7 heteroatoms. The molecule has 1 fully saturated rings. The highest BCUT2D eigenvalue weighted by molar-refractivity contribution is 9.10. The molecule has 0 unspecified atom stereocenters. The Kier molecular flexibility index (Phi) is 4.59. The van der Waals surface area contributed by atoms with Crippen LogP contribution in [-0.4, -0.2) is 26.9 Å². The van der Waals surface area contributed by atoms with Gasteiger partial charge >= 0.3 is 0 Å². The number of nitrogens with one attached hydrogen (secondary N) is 2. The number of halogens is 1. The lowest BCUT2D eigenvalue weighted by Gasteiger charge is -2.16. The van der Waals surface area contributed by atoms with Crippen molar-refractivity contribution in [3.63, 3.8) is 0 Å². The summed E-state index contributed by atoms with van der Waals surface area (Å²) in [5, 5.41) is 2.71. The summed E-state index contributed by atoms with van der Waals surface area (Å²) in [6.45, 7) is 0.603. The van der Waals surface area contributed by atoms with E-state index in [2.05, 4.69) is 26.0 Å². The van der Waals surface area contributed by atoms with E-state index in [4.69, 9.17) is 0 Å². The lowest BCUT2D eigenvalue weighted by molar-refractivity contribution is -0.122. The molecule has 1 atom stereocenters. The second kappa shape index (κ2) is 6.02. The van der Waals surface area contributed by atoms with Gasteiger partial charge in [0, 0.05) is 11.0 Å². The van der Waals surface area contributed by atoms with Crippen LogP contribution in [0.3, 0.4) is 0 Å². The highest BCUT2D eigenvalue weighted by atomic mass is 79.9. The van der Waals surface area contributed by atoms with E-state index in [0.29, 0.717) is 17.4 Å². The summed E-state index contributed by atoms with van der Waals surface area (Å²) in [5.41, 5.74) is 0. The molecule has 1 amide bonds. The van der Waals surface area contributed by atoms with E-state index in [1.807, 2.05) is 0 Å². The number of hydrogen-bond acceptors (Lipinski definition) is 3. The fourth-order valence-corrected chi connectivity index (χ4v) is 4.20. The van der Waals surface area contributed by atoms with Gasteiger partial charge in [-0.2, -0.15) is 4.72 Å². The second-order valence-corrected chi connectivity index (χ2v) is 6.93. The quantitative estimate of drug-likeness (QED) is 0.868. The van der Waals surface area contributed by atoms with Gasteiger partial charge in [-0.15, -0.1) is 0 Å². The molecular weight excluding hydrogens is 332 g/mol. The van der Waals surface area contributed by atoms with Crippen LogP contribution in [0.2, 0.25) is 0 Å². The third-order valence-electron chi connectivity index (χ3n) is 2.96. The fourth-order valence-electron chi connectivity index (χ4n) is 1.97. The molecule has 0 aliphatic carbocycles. The third-order valence-corrected chi connectivity index (χ3v) is 5.44. The maximum absolute atomic E-state index is 12.3. The first-order valence-electron chi connectivity index (χ1n) is 6.05. The van der Waals surface area contributed by atoms with Gasteiger partial charge in [0.05, 0.1) is 4.90 Å². The Morgan fingerprint density at radius 3 is 2.74 bits per heavy atom. The number of amides is 1. The van der Waals surface area contributed by atoms with Crippen LogP contribution >= 0.6 is 15.9 Å². The molecule has 19 heavy (non-hydrogen) atoms. The molecular formula is C12H15BrN2O3S. The number of carbonyl (C=O) groups is 1. The number of hydrogen-bond donors (Lipinski definition) is 2. The number of carbonyl (C=O) groups excluding carboxylic acids is 1. The van der Waals surface area contributed by atoms with Crippen LogP contribution in [0.1, 0.15) is 19.3 Å². The average molecular weight is 347 g/mol. The minimum absolute atomic E-state index is 0.145. The van der Waals surface area contributed by atoms with E-state index in [1.165, 1.54) is 6.07 Å². The lowest BCUT2D eigenvalue weighted by atomic mass is 10.1. The van der Waals surface area contributed by atoms with E-state index in [1.54, 1.807) is 18.2 Å². The fraction of sp³-hybridized carbons (Fsp3) is 0.417. The molecule has 2 N–H and O–H groups in total. The minimum atomic E-state index is -3.70. The molecule has 1 aliphatic rings. The Morgan fingerprint density at radius 1 is 1.26 bits per heavy atom. The average Bonchev–Trinajstić information content (AvgIpc) is 2.55. The monoisotopic (exact) mass is 346 g/mol. The Bertz CT molecular complexity index is 574. The molecule has 1 aromatic carbocycles. The predicted molar refractivity (Wildman–Crippen MR) is 75.1 cm³/mol. The van der Waals surface area contributed by atoms with Gasteiger partial charge in [0.1, 0.15) is 6.04 Å². The number of benzene rings is 1. The Balaban J connectivity index is 2.21. The first-order chi connectivity index (χ1) is 9.00. The molecule has 0 bridgehead atoms. The smallest absolute Gasteiger partial charge is 0.242 e. The molecule has 5 nitrogen and oxygen atoms in total. The zero-order valence-corrected chi connectivity index (χ0v) is 12.6. The normalized spacial score (nSPS) is 20.7. The van der Waals surface area contributed by atoms with Crippen molar-refractivity contribution in [1.82, 2.24) is 10.0 Å². The van der Waals surface area contributed by atoms with Crippen molar-refractivity contribution in [3.05, 3.63) is 28.7 Å². The molecule has 2 rings (SSSR count). The lowest BCUT2D eigenvalue weighted by Crippen LogP contribution is -2.45. The predicted octanol–water partition coefficient (Wildman–Crippen LogP) is 1.40. The molecule has 104 valence electrons. The van der Waals surface area contributed by atoms with Gasteiger partial charge in [-0.1, -0.05) is 12.1 Å². The molecule has 1 saturated heterocycles. The highest BCUT2D eigenvalue weighted by Gasteiger charge is 2.27. The van der Waals surface area contributed by atoms with Gasteiger partial charge in [0.2, 0.25) is 15.9 Å². The maximum Gasteiger partial charge on any atom is 0.242 e. The Morgan fingerprint density at radius 2 is 2.00 bits per heavy atom. The summed E-state index contributed by atoms with van der Waals surface area (Å²) in [6.07, 6.45) is 2.22. The van der Waals surface area contributed by atoms with Crippen LogP contribution in [0.25, 0.3) is 0 Å². The summed E-state index contributed by atoms with van der Waals surface area (Å²) >= 11 is 3.21. The minimum Gasteiger partial charge on any atom is -0.355 e. The van der Waals surface area contributed by atoms with E-state index in [0.717, 1.165) is 12.8 Å². The second-order valence-electron chi connectivity index (χ2n) is 4.39. The van der Waals surface area contributed by atoms with Crippen LogP contribution < -0.4 is 10.0 Å². The van der Waals surface area contributed by atoms with Crippen molar-refractivity contribution in [2.45, 2.75) is 30.2 Å². The van der Waals surface area contributed by atoms with Crippen LogP contribution in [0.5, 0.6) is 0 Å². The third kappa shape index (κ3) is 3.55. The zero-order chi connectivity index (χ0) is 13.9. The molecule has 0 aromatic heterocycles. The van der Waals surface area contributed by atoms with E-state index >= 15 is 0 Å². The van der Waals surface area contributed by atoms with Crippen molar-refractivity contribution in [2.75, 3.05) is 6.54 Å². The standard InChI is InChI=1S/C12H15BrN2O3S/c13-9-5-1-2-7-11(9)19(17,18)15-10-6-3-4-8-14-12(10)16/h1-2,5,7,10,15H,3-4,6,8H2,(H,14,16)/t10-/m0/s1. The molecule has 0 saturated carbocycles. The summed E-state index contributed by atoms with van der Waals surface area (Å²) < 4.78 is 27.5. The Hall–Kier alpha value is -0.920. The van der Waals surface area contributed by atoms with Crippen molar-refractivity contribution in [2.24, 2.45) is 0 Å². The summed E-state index contributed by atoms with van der Waals surface area (Å²) in [7, 11) is -3.70. The van der Waals surface area contributed by atoms with Crippen LogP contribution in [0.4, 0.5) is 0 Å². The van der Waals surface area contributed by atoms with Gasteiger partial charge in [-0.05, 0) is 47.3 Å². The molecule has 1 aromatic rings. The summed E-state index contributed by atoms with van der Waals surface area (Å²) in [6, 6.07) is 5.84. The summed E-state index contributed by atoms with van der Waals surface area (Å²) in [5.74, 6) is -0.256. The van der Waals surface area contributed by atoms with Crippen LogP contribution in [0.15, 0.2) is 33.6 Å². The zero-order valence-electron chi connectivity index (χ0n) is 10.2. The molecule has 0 radical (unpaired) electrons. The summed E-state index contributed by atoms with van der Waals surface area (Å²) in [4.78, 5) is 11.9. The van der Waals surface area contributed by atoms with Gasteiger partial charge in [-0.3, -0.25) is 4.79 Å². The van der Waals surface area contributed by atoms with Crippen molar-refractivity contribution in [1.29, 1.82) is 0 Å². The first-order valence-corrected chi connectivity index (χ1v) is 8.33. The topological polar surface area (TPSA) is 75.3 Å². The van der Waals surface area contributed by atoms with Gasteiger partial charge < -0.3 is 5.32 Å². The van der Waals surface area contributed by atoms with Crippen molar-refractivity contribution in [3.8, 4) is 0 Å². The highest BCUT2D eigenvalue weighted by Crippen LogP contribution is 2.21. The van der Waals surface area contributed by atoms with E-state index in [-0.39, 0.29) is 10.8 Å². The van der Waals surface area contributed by atoms with Gasteiger partial charge in [0.25, 0.3) is 0 Å². The van der Waals surface area contributed by atoms with Crippen molar-refractivity contribution >= 4 is 31.9 Å². The Labute approximate surface area is 121 Å². The molecule has 1 aliphatic heterocycles. The number of rotatable bonds is 3. The molecule has 0 spiro atoms. The van der Waals surface area contributed by atoms with E-state index in [9.17, 15) is 13.2 Å².